The molecule has 3 nitrogen and oxygen atoms in total. The largest absolute Gasteiger partial charge is 0.370 e. The summed E-state index contributed by atoms with van der Waals surface area (Å²) >= 11 is 15.1. The van der Waals surface area contributed by atoms with Gasteiger partial charge in [-0.15, -0.1) is 0 Å². The van der Waals surface area contributed by atoms with E-state index in [1.807, 2.05) is 6.92 Å². The molecule has 0 spiro atoms. The van der Waals surface area contributed by atoms with Crippen molar-refractivity contribution >= 4 is 39.1 Å². The molecule has 1 aromatic heterocycles. The molecule has 1 unspecified atom stereocenters. The van der Waals surface area contributed by atoms with Gasteiger partial charge in [-0.3, -0.25) is 0 Å². The normalized spacial score (nSPS) is 17.5. The molecule has 6 heteroatoms. The fraction of sp³-hybridized carbons (Fsp3) is 0.600. The smallest absolute Gasteiger partial charge is 0.160 e. The second-order valence-corrected chi connectivity index (χ2v) is 5.20. The highest BCUT2D eigenvalue weighted by atomic mass is 79.9. The van der Waals surface area contributed by atoms with E-state index >= 15 is 0 Å². The summed E-state index contributed by atoms with van der Waals surface area (Å²) in [6.07, 6.45) is 2.23. The SMILES string of the molecule is CCOC(c1nc(Cl)c(Br)c(Cl)n1)C1CC1. The fourth-order valence-electron chi connectivity index (χ4n) is 1.54. The summed E-state index contributed by atoms with van der Waals surface area (Å²) in [4.78, 5) is 8.42. The Morgan fingerprint density at radius 2 is 1.94 bits per heavy atom. The van der Waals surface area contributed by atoms with Crippen LogP contribution in [-0.4, -0.2) is 16.6 Å². The Bertz CT molecular complexity index is 375. The molecule has 0 radical (unpaired) electrons. The van der Waals surface area contributed by atoms with E-state index in [-0.39, 0.29) is 6.10 Å². The Hall–Kier alpha value is 0.1000. The number of hydrogen-bond donors (Lipinski definition) is 0. The van der Waals surface area contributed by atoms with Gasteiger partial charge in [0.15, 0.2) is 5.82 Å². The second kappa shape index (κ2) is 5.17. The Morgan fingerprint density at radius 1 is 1.38 bits per heavy atom. The molecule has 1 fully saturated rings. The summed E-state index contributed by atoms with van der Waals surface area (Å²) in [5.41, 5.74) is 0. The zero-order valence-corrected chi connectivity index (χ0v) is 11.8. The zero-order valence-electron chi connectivity index (χ0n) is 8.71. The van der Waals surface area contributed by atoms with Gasteiger partial charge in [-0.05, 0) is 41.6 Å². The molecule has 0 aliphatic heterocycles. The van der Waals surface area contributed by atoms with Crippen molar-refractivity contribution in [3.8, 4) is 0 Å². The van der Waals surface area contributed by atoms with Crippen LogP contribution in [0.5, 0.6) is 0 Å². The second-order valence-electron chi connectivity index (χ2n) is 3.69. The van der Waals surface area contributed by atoms with Crippen LogP contribution in [0.3, 0.4) is 0 Å². The molecule has 1 aliphatic rings. The van der Waals surface area contributed by atoms with E-state index in [2.05, 4.69) is 25.9 Å². The fourth-order valence-corrected chi connectivity index (χ4v) is 2.11. The molecular weight excluding hydrogens is 315 g/mol. The van der Waals surface area contributed by atoms with Gasteiger partial charge >= 0.3 is 0 Å². The summed E-state index contributed by atoms with van der Waals surface area (Å²) in [5.74, 6) is 1.09. The Labute approximate surface area is 113 Å². The van der Waals surface area contributed by atoms with Gasteiger partial charge < -0.3 is 4.74 Å². The predicted molar refractivity (Wildman–Crippen MR) is 66.8 cm³/mol. The molecule has 16 heavy (non-hydrogen) atoms. The minimum absolute atomic E-state index is 0.0758. The summed E-state index contributed by atoms with van der Waals surface area (Å²) < 4.78 is 6.18. The maximum atomic E-state index is 5.95. The number of hydrogen-bond acceptors (Lipinski definition) is 3. The van der Waals surface area contributed by atoms with Crippen LogP contribution in [-0.2, 0) is 4.74 Å². The van der Waals surface area contributed by atoms with E-state index in [4.69, 9.17) is 27.9 Å². The maximum absolute atomic E-state index is 5.95. The van der Waals surface area contributed by atoms with Gasteiger partial charge in [0.25, 0.3) is 0 Å². The molecule has 0 N–H and O–H groups in total. The van der Waals surface area contributed by atoms with E-state index in [9.17, 15) is 0 Å². The van der Waals surface area contributed by atoms with Gasteiger partial charge in [0, 0.05) is 6.61 Å². The molecular formula is C10H11BrCl2N2O. The zero-order chi connectivity index (χ0) is 11.7. The lowest BCUT2D eigenvalue weighted by Crippen LogP contribution is -2.11. The summed E-state index contributed by atoms with van der Waals surface area (Å²) in [6.45, 7) is 2.59. The van der Waals surface area contributed by atoms with Crippen LogP contribution in [0, 0.1) is 5.92 Å². The van der Waals surface area contributed by atoms with Crippen molar-refractivity contribution in [3.63, 3.8) is 0 Å². The number of ether oxygens (including phenoxy) is 1. The van der Waals surface area contributed by atoms with Crippen LogP contribution in [0.4, 0.5) is 0 Å². The summed E-state index contributed by atoms with van der Waals surface area (Å²) in [7, 11) is 0. The number of nitrogens with zero attached hydrogens (tertiary/aromatic N) is 2. The van der Waals surface area contributed by atoms with Crippen LogP contribution < -0.4 is 0 Å². The van der Waals surface area contributed by atoms with Crippen molar-refractivity contribution in [2.24, 2.45) is 5.92 Å². The molecule has 1 aromatic rings. The van der Waals surface area contributed by atoms with Gasteiger partial charge in [-0.25, -0.2) is 9.97 Å². The highest BCUT2D eigenvalue weighted by Gasteiger charge is 2.35. The van der Waals surface area contributed by atoms with Gasteiger partial charge in [-0.2, -0.15) is 0 Å². The standard InChI is InChI=1S/C10H11BrCl2N2O/c1-2-16-7(5-3-4-5)10-14-8(12)6(11)9(13)15-10/h5,7H,2-4H2,1H3. The average Bonchev–Trinajstić information content (AvgIpc) is 3.05. The van der Waals surface area contributed by atoms with Gasteiger partial charge in [0.2, 0.25) is 0 Å². The van der Waals surface area contributed by atoms with E-state index in [1.54, 1.807) is 0 Å². The Balaban J connectivity index is 2.30. The highest BCUT2D eigenvalue weighted by Crippen LogP contribution is 2.43. The minimum atomic E-state index is -0.0758. The van der Waals surface area contributed by atoms with E-state index in [1.165, 1.54) is 0 Å². The first kappa shape index (κ1) is 12.6. The van der Waals surface area contributed by atoms with Crippen LogP contribution in [0.2, 0.25) is 10.3 Å². The molecule has 88 valence electrons. The van der Waals surface area contributed by atoms with Crippen molar-refractivity contribution < 1.29 is 4.74 Å². The quantitative estimate of drug-likeness (QED) is 0.784. The monoisotopic (exact) mass is 324 g/mol. The van der Waals surface area contributed by atoms with Gasteiger partial charge in [0.1, 0.15) is 16.4 Å². The lowest BCUT2D eigenvalue weighted by Gasteiger charge is -2.15. The number of aromatic nitrogens is 2. The molecule has 0 saturated heterocycles. The van der Waals surface area contributed by atoms with E-state index in [0.717, 1.165) is 12.8 Å². The number of halogens is 3. The average molecular weight is 326 g/mol. The topological polar surface area (TPSA) is 35.0 Å². The van der Waals surface area contributed by atoms with Crippen LogP contribution >= 0.6 is 39.1 Å². The van der Waals surface area contributed by atoms with Crippen LogP contribution in [0.25, 0.3) is 0 Å². The molecule has 2 rings (SSSR count). The van der Waals surface area contributed by atoms with E-state index in [0.29, 0.717) is 33.1 Å². The molecule has 0 amide bonds. The Morgan fingerprint density at radius 3 is 2.38 bits per heavy atom. The third-order valence-electron chi connectivity index (χ3n) is 2.44. The molecule has 1 saturated carbocycles. The summed E-state index contributed by atoms with van der Waals surface area (Å²) in [6, 6.07) is 0. The first-order valence-corrected chi connectivity index (χ1v) is 6.68. The van der Waals surface area contributed by atoms with Crippen molar-refractivity contribution in [1.29, 1.82) is 0 Å². The third-order valence-corrected chi connectivity index (χ3v) is 4.19. The summed E-state index contributed by atoms with van der Waals surface area (Å²) in [5, 5.41) is 0.667. The molecule has 1 heterocycles. The van der Waals surface area contributed by atoms with Crippen LogP contribution in [0.1, 0.15) is 31.7 Å². The molecule has 0 bridgehead atoms. The third kappa shape index (κ3) is 2.67. The molecule has 0 aromatic carbocycles. The lowest BCUT2D eigenvalue weighted by atomic mass is 10.2. The van der Waals surface area contributed by atoms with Crippen molar-refractivity contribution in [2.45, 2.75) is 25.9 Å². The minimum Gasteiger partial charge on any atom is -0.370 e. The first-order chi connectivity index (χ1) is 7.63. The van der Waals surface area contributed by atoms with Crippen molar-refractivity contribution in [1.82, 2.24) is 9.97 Å². The van der Waals surface area contributed by atoms with Crippen molar-refractivity contribution in [3.05, 3.63) is 20.6 Å². The van der Waals surface area contributed by atoms with Crippen molar-refractivity contribution in [2.75, 3.05) is 6.61 Å². The highest BCUT2D eigenvalue weighted by molar-refractivity contribution is 9.10. The number of rotatable bonds is 4. The van der Waals surface area contributed by atoms with Gasteiger partial charge in [-0.1, -0.05) is 23.2 Å². The molecule has 1 atom stereocenters. The van der Waals surface area contributed by atoms with Gasteiger partial charge in [0.05, 0.1) is 4.47 Å². The maximum Gasteiger partial charge on any atom is 0.160 e. The first-order valence-electron chi connectivity index (χ1n) is 5.13. The predicted octanol–water partition coefficient (Wildman–Crippen LogP) is 4.03. The molecule has 1 aliphatic carbocycles. The van der Waals surface area contributed by atoms with Crippen LogP contribution in [0.15, 0.2) is 4.47 Å². The lowest BCUT2D eigenvalue weighted by molar-refractivity contribution is 0.0400. The Kier molecular flexibility index (Phi) is 4.06. The van der Waals surface area contributed by atoms with E-state index < -0.39 is 0 Å².